The van der Waals surface area contributed by atoms with Crippen molar-refractivity contribution < 1.29 is 13.2 Å². The van der Waals surface area contributed by atoms with Crippen molar-refractivity contribution >= 4 is 50.5 Å². The minimum Gasteiger partial charge on any atom is -0.321 e. The summed E-state index contributed by atoms with van der Waals surface area (Å²) < 4.78 is 24.5. The molecule has 0 bridgehead atoms. The number of hydrogen-bond donors (Lipinski definition) is 2. The van der Waals surface area contributed by atoms with Gasteiger partial charge in [-0.2, -0.15) is 0 Å². The maximum atomic E-state index is 12.1. The molecule has 0 saturated carbocycles. The van der Waals surface area contributed by atoms with Gasteiger partial charge in [0, 0.05) is 16.3 Å². The number of nitrogens with one attached hydrogen (secondary N) is 2. The van der Waals surface area contributed by atoms with Gasteiger partial charge in [-0.15, -0.1) is 0 Å². The van der Waals surface area contributed by atoms with Crippen LogP contribution in [-0.4, -0.2) is 20.6 Å². The molecule has 0 spiro atoms. The van der Waals surface area contributed by atoms with Gasteiger partial charge in [-0.05, 0) is 42.5 Å². The molecule has 0 aromatic heterocycles. The van der Waals surface area contributed by atoms with Gasteiger partial charge in [-0.3, -0.25) is 9.52 Å². The number of carbonyl (C=O) groups is 1. The molecule has 1 amide bonds. The summed E-state index contributed by atoms with van der Waals surface area (Å²) in [5, 5.41) is 3.46. The van der Waals surface area contributed by atoms with Crippen molar-refractivity contribution in [3.8, 4) is 0 Å². The predicted octanol–water partition coefficient (Wildman–Crippen LogP) is 3.62. The molecule has 0 atom stereocenters. The topological polar surface area (TPSA) is 75.3 Å². The van der Waals surface area contributed by atoms with Crippen LogP contribution in [0.2, 0.25) is 10.0 Å². The fourth-order valence-corrected chi connectivity index (χ4v) is 2.59. The highest BCUT2D eigenvalue weighted by Crippen LogP contribution is 2.26. The summed E-state index contributed by atoms with van der Waals surface area (Å²) in [5.41, 5.74) is 1.13. The van der Waals surface area contributed by atoms with E-state index >= 15 is 0 Å². The lowest BCUT2D eigenvalue weighted by Gasteiger charge is -2.09. The van der Waals surface area contributed by atoms with Gasteiger partial charge in [0.1, 0.15) is 0 Å². The lowest BCUT2D eigenvalue weighted by Crippen LogP contribution is -2.13. The van der Waals surface area contributed by atoms with E-state index in [0.29, 0.717) is 27.0 Å². The molecule has 22 heavy (non-hydrogen) atoms. The molecule has 0 saturated heterocycles. The summed E-state index contributed by atoms with van der Waals surface area (Å²) in [6.07, 6.45) is 1.05. The molecule has 0 fully saturated rings. The Kier molecular flexibility index (Phi) is 4.95. The molecule has 2 rings (SSSR count). The third-order valence-electron chi connectivity index (χ3n) is 2.63. The molecule has 2 aromatic rings. The largest absolute Gasteiger partial charge is 0.321 e. The molecule has 0 radical (unpaired) electrons. The summed E-state index contributed by atoms with van der Waals surface area (Å²) in [7, 11) is -3.35. The third-order valence-corrected chi connectivity index (χ3v) is 3.80. The van der Waals surface area contributed by atoms with Gasteiger partial charge in [-0.1, -0.05) is 23.2 Å². The standard InChI is InChI=1S/C14H12Cl2N2O3S/c1-22(20,21)18-11-5-2-9(3-6-11)14(19)17-13-8-10(15)4-7-12(13)16/h2-8,18H,1H3,(H,17,19). The fraction of sp³-hybridized carbons (Fsp3) is 0.0714. The summed E-state index contributed by atoms with van der Waals surface area (Å²) in [6, 6.07) is 10.7. The minimum atomic E-state index is -3.35. The molecule has 0 aliphatic heterocycles. The van der Waals surface area contributed by atoms with E-state index in [4.69, 9.17) is 23.2 Å². The zero-order valence-corrected chi connectivity index (χ0v) is 13.8. The zero-order chi connectivity index (χ0) is 16.3. The Morgan fingerprint density at radius 1 is 1.05 bits per heavy atom. The quantitative estimate of drug-likeness (QED) is 0.876. The SMILES string of the molecule is CS(=O)(=O)Nc1ccc(C(=O)Nc2cc(Cl)ccc2Cl)cc1. The van der Waals surface area contributed by atoms with Crippen molar-refractivity contribution in [2.75, 3.05) is 16.3 Å². The number of anilines is 2. The third kappa shape index (κ3) is 4.62. The van der Waals surface area contributed by atoms with Gasteiger partial charge in [0.15, 0.2) is 0 Å². The molecule has 2 aromatic carbocycles. The van der Waals surface area contributed by atoms with Crippen LogP contribution in [0.4, 0.5) is 11.4 Å². The fourth-order valence-electron chi connectivity index (χ4n) is 1.69. The Bertz CT molecular complexity index is 805. The zero-order valence-electron chi connectivity index (χ0n) is 11.4. The molecule has 5 nitrogen and oxygen atoms in total. The van der Waals surface area contributed by atoms with Crippen molar-refractivity contribution in [1.29, 1.82) is 0 Å². The van der Waals surface area contributed by atoms with E-state index in [-0.39, 0.29) is 5.91 Å². The Labute approximate surface area is 138 Å². The first-order valence-corrected chi connectivity index (χ1v) is 8.73. The van der Waals surface area contributed by atoms with Gasteiger partial charge in [0.2, 0.25) is 10.0 Å². The molecule has 0 unspecified atom stereocenters. The van der Waals surface area contributed by atoms with Gasteiger partial charge < -0.3 is 5.32 Å². The smallest absolute Gasteiger partial charge is 0.255 e. The van der Waals surface area contributed by atoms with Gasteiger partial charge in [0.25, 0.3) is 5.91 Å². The Morgan fingerprint density at radius 3 is 2.27 bits per heavy atom. The highest BCUT2D eigenvalue weighted by Gasteiger charge is 2.10. The Hall–Kier alpha value is -1.76. The van der Waals surface area contributed by atoms with E-state index in [1.54, 1.807) is 18.2 Å². The lowest BCUT2D eigenvalue weighted by atomic mass is 10.2. The van der Waals surface area contributed by atoms with Crippen LogP contribution in [0.5, 0.6) is 0 Å². The van der Waals surface area contributed by atoms with Crippen LogP contribution in [0.1, 0.15) is 10.4 Å². The van der Waals surface area contributed by atoms with E-state index in [1.807, 2.05) is 0 Å². The van der Waals surface area contributed by atoms with Crippen molar-refractivity contribution in [1.82, 2.24) is 0 Å². The number of sulfonamides is 1. The van der Waals surface area contributed by atoms with Crippen molar-refractivity contribution in [3.63, 3.8) is 0 Å². The highest BCUT2D eigenvalue weighted by atomic mass is 35.5. The second-order valence-electron chi connectivity index (χ2n) is 4.53. The summed E-state index contributed by atoms with van der Waals surface area (Å²) in [4.78, 5) is 12.1. The molecule has 8 heteroatoms. The van der Waals surface area contributed by atoms with Crippen LogP contribution in [-0.2, 0) is 10.0 Å². The normalized spacial score (nSPS) is 11.0. The molecule has 116 valence electrons. The maximum absolute atomic E-state index is 12.1. The number of carbonyl (C=O) groups excluding carboxylic acids is 1. The molecule has 0 aliphatic carbocycles. The second-order valence-corrected chi connectivity index (χ2v) is 7.12. The first kappa shape index (κ1) is 16.6. The lowest BCUT2D eigenvalue weighted by molar-refractivity contribution is 0.102. The monoisotopic (exact) mass is 358 g/mol. The minimum absolute atomic E-state index is 0.357. The predicted molar refractivity (Wildman–Crippen MR) is 89.3 cm³/mol. The highest BCUT2D eigenvalue weighted by molar-refractivity contribution is 7.92. The molecular weight excluding hydrogens is 347 g/mol. The van der Waals surface area contributed by atoms with Gasteiger partial charge in [-0.25, -0.2) is 8.42 Å². The van der Waals surface area contributed by atoms with Gasteiger partial charge in [0.05, 0.1) is 17.0 Å². The molecular formula is C14H12Cl2N2O3S. The van der Waals surface area contributed by atoms with Crippen LogP contribution in [0.15, 0.2) is 42.5 Å². The van der Waals surface area contributed by atoms with E-state index < -0.39 is 10.0 Å². The molecule has 0 aliphatic rings. The van der Waals surface area contributed by atoms with Crippen molar-refractivity contribution in [3.05, 3.63) is 58.1 Å². The summed E-state index contributed by atoms with van der Waals surface area (Å²) in [5.74, 6) is -0.380. The molecule has 2 N–H and O–H groups in total. The summed E-state index contributed by atoms with van der Waals surface area (Å²) >= 11 is 11.8. The molecule has 0 heterocycles. The van der Waals surface area contributed by atoms with Crippen LogP contribution in [0, 0.1) is 0 Å². The van der Waals surface area contributed by atoms with Crippen LogP contribution >= 0.6 is 23.2 Å². The maximum Gasteiger partial charge on any atom is 0.255 e. The number of benzene rings is 2. The first-order chi connectivity index (χ1) is 10.2. The number of rotatable bonds is 4. The first-order valence-electron chi connectivity index (χ1n) is 6.09. The van der Waals surface area contributed by atoms with E-state index in [0.717, 1.165) is 6.26 Å². The van der Waals surface area contributed by atoms with Crippen molar-refractivity contribution in [2.45, 2.75) is 0 Å². The second kappa shape index (κ2) is 6.56. The van der Waals surface area contributed by atoms with Crippen LogP contribution in [0.3, 0.4) is 0 Å². The number of halogens is 2. The van der Waals surface area contributed by atoms with Gasteiger partial charge >= 0.3 is 0 Å². The Balaban J connectivity index is 2.15. The van der Waals surface area contributed by atoms with Crippen molar-refractivity contribution in [2.24, 2.45) is 0 Å². The van der Waals surface area contributed by atoms with Crippen LogP contribution in [0.25, 0.3) is 0 Å². The average Bonchev–Trinajstić information content (AvgIpc) is 2.42. The number of hydrogen-bond acceptors (Lipinski definition) is 3. The average molecular weight is 359 g/mol. The van der Waals surface area contributed by atoms with E-state index in [2.05, 4.69) is 10.0 Å². The van der Waals surface area contributed by atoms with E-state index in [9.17, 15) is 13.2 Å². The number of amides is 1. The Morgan fingerprint density at radius 2 is 1.68 bits per heavy atom. The summed E-state index contributed by atoms with van der Waals surface area (Å²) in [6.45, 7) is 0. The van der Waals surface area contributed by atoms with Crippen LogP contribution < -0.4 is 10.0 Å². The van der Waals surface area contributed by atoms with E-state index in [1.165, 1.54) is 24.3 Å².